The van der Waals surface area contributed by atoms with E-state index < -0.39 is 24.0 Å². The van der Waals surface area contributed by atoms with Gasteiger partial charge in [-0.15, -0.1) is 0 Å². The predicted octanol–water partition coefficient (Wildman–Crippen LogP) is 3.01. The minimum absolute atomic E-state index is 0.133. The lowest BCUT2D eigenvalue weighted by molar-refractivity contribution is -0.150. The third-order valence-electron chi connectivity index (χ3n) is 5.56. The van der Waals surface area contributed by atoms with Crippen molar-refractivity contribution in [3.8, 4) is 11.5 Å². The van der Waals surface area contributed by atoms with Crippen molar-refractivity contribution in [3.63, 3.8) is 0 Å². The van der Waals surface area contributed by atoms with Gasteiger partial charge in [0.25, 0.3) is 0 Å². The van der Waals surface area contributed by atoms with E-state index in [1.807, 2.05) is 30.3 Å². The van der Waals surface area contributed by atoms with Crippen LogP contribution in [0, 0.1) is 0 Å². The van der Waals surface area contributed by atoms with Gasteiger partial charge in [0.15, 0.2) is 11.5 Å². The maximum Gasteiger partial charge on any atom is 0.326 e. The maximum absolute atomic E-state index is 12.8. The third-order valence-corrected chi connectivity index (χ3v) is 5.56. The molecule has 7 nitrogen and oxygen atoms in total. The van der Waals surface area contributed by atoms with Gasteiger partial charge in [0.05, 0.1) is 6.04 Å². The Balaban J connectivity index is 1.77. The molecular formula is C22H18N2O5. The fourth-order valence-electron chi connectivity index (χ4n) is 4.29. The number of ether oxygens (including phenoxy) is 2. The Kier molecular flexibility index (Phi) is 3.84. The van der Waals surface area contributed by atoms with Crippen LogP contribution in [0.2, 0.25) is 0 Å². The molecule has 0 spiro atoms. The summed E-state index contributed by atoms with van der Waals surface area (Å²) in [7, 11) is 0. The Hall–Kier alpha value is -3.74. The van der Waals surface area contributed by atoms with Crippen molar-refractivity contribution in [2.45, 2.75) is 18.5 Å². The van der Waals surface area contributed by atoms with E-state index in [2.05, 4.69) is 11.6 Å². The molecule has 0 bridgehead atoms. The molecule has 5 rings (SSSR count). The summed E-state index contributed by atoms with van der Waals surface area (Å²) in [5, 5.41) is 10.9. The summed E-state index contributed by atoms with van der Waals surface area (Å²) < 4.78 is 10.9. The smallest absolute Gasteiger partial charge is 0.326 e. The van der Waals surface area contributed by atoms with Crippen LogP contribution in [0.15, 0.2) is 55.1 Å². The molecule has 0 fully saturated rings. The van der Waals surface area contributed by atoms with E-state index in [4.69, 9.17) is 9.47 Å². The molecule has 3 heterocycles. The monoisotopic (exact) mass is 390 g/mol. The fraction of sp³-hybridized carbons (Fsp3) is 0.182. The molecule has 0 saturated heterocycles. The zero-order chi connectivity index (χ0) is 20.1. The van der Waals surface area contributed by atoms with Crippen LogP contribution in [0.1, 0.15) is 22.9 Å². The first-order valence-corrected chi connectivity index (χ1v) is 9.25. The van der Waals surface area contributed by atoms with E-state index in [0.717, 1.165) is 33.8 Å². The summed E-state index contributed by atoms with van der Waals surface area (Å²) >= 11 is 0. The van der Waals surface area contributed by atoms with Gasteiger partial charge in [-0.05, 0) is 35.4 Å². The lowest BCUT2D eigenvalue weighted by Gasteiger charge is -2.40. The highest BCUT2D eigenvalue weighted by molar-refractivity contribution is 5.94. The molecule has 7 heteroatoms. The van der Waals surface area contributed by atoms with Gasteiger partial charge in [0.1, 0.15) is 6.04 Å². The number of hydrogen-bond acceptors (Lipinski definition) is 4. The van der Waals surface area contributed by atoms with Gasteiger partial charge in [0, 0.05) is 23.0 Å². The van der Waals surface area contributed by atoms with Crippen LogP contribution >= 0.6 is 0 Å². The third kappa shape index (κ3) is 2.58. The Morgan fingerprint density at radius 3 is 2.76 bits per heavy atom. The number of benzene rings is 2. The van der Waals surface area contributed by atoms with Gasteiger partial charge < -0.3 is 24.5 Å². The summed E-state index contributed by atoms with van der Waals surface area (Å²) in [6, 6.07) is 11.5. The number of nitrogens with one attached hydrogen (secondary N) is 1. The molecule has 1 amide bonds. The molecule has 0 unspecified atom stereocenters. The van der Waals surface area contributed by atoms with E-state index in [0.29, 0.717) is 11.5 Å². The Morgan fingerprint density at radius 1 is 1.17 bits per heavy atom. The molecule has 2 aliphatic heterocycles. The zero-order valence-electron chi connectivity index (χ0n) is 15.4. The summed E-state index contributed by atoms with van der Waals surface area (Å²) in [5.74, 6) is -0.298. The second kappa shape index (κ2) is 6.41. The SMILES string of the molecule is C=CC(=O)N1[C@@H](c2ccc3c(c2)OCO3)c2[nH]c3ccccc3c2C[C@@H]1C(=O)O. The lowest BCUT2D eigenvalue weighted by Crippen LogP contribution is -2.51. The van der Waals surface area contributed by atoms with Crippen molar-refractivity contribution in [1.82, 2.24) is 9.88 Å². The molecule has 0 aliphatic carbocycles. The van der Waals surface area contributed by atoms with Crippen molar-refractivity contribution >= 4 is 22.8 Å². The van der Waals surface area contributed by atoms with Crippen molar-refractivity contribution in [2.75, 3.05) is 6.79 Å². The number of amides is 1. The number of nitrogens with zero attached hydrogens (tertiary/aromatic N) is 1. The van der Waals surface area contributed by atoms with Gasteiger partial charge in [-0.25, -0.2) is 4.79 Å². The van der Waals surface area contributed by atoms with Crippen molar-refractivity contribution in [1.29, 1.82) is 0 Å². The minimum atomic E-state index is -1.05. The molecule has 2 aromatic carbocycles. The number of carboxylic acids is 1. The van der Waals surface area contributed by atoms with Crippen LogP contribution in [0.4, 0.5) is 0 Å². The highest BCUT2D eigenvalue weighted by Gasteiger charge is 2.43. The highest BCUT2D eigenvalue weighted by Crippen LogP contribution is 2.43. The molecule has 2 atom stereocenters. The molecule has 3 aromatic rings. The number of para-hydroxylation sites is 1. The number of hydrogen-bond donors (Lipinski definition) is 2. The normalized spacial score (nSPS) is 19.8. The standard InChI is InChI=1S/C22H18N2O5/c1-2-19(25)24-16(22(26)27)10-14-13-5-3-4-6-15(13)23-20(14)21(24)12-7-8-17-18(9-12)29-11-28-17/h2-9,16,21,23H,1,10-11H2,(H,26,27)/t16-,21+/m1/s1. The Labute approximate surface area is 166 Å². The van der Waals surface area contributed by atoms with Crippen LogP contribution < -0.4 is 9.47 Å². The maximum atomic E-state index is 12.8. The predicted molar refractivity (Wildman–Crippen MR) is 105 cm³/mol. The topological polar surface area (TPSA) is 91.9 Å². The van der Waals surface area contributed by atoms with Gasteiger partial charge >= 0.3 is 5.97 Å². The lowest BCUT2D eigenvalue weighted by atomic mass is 9.87. The number of rotatable bonds is 3. The first-order chi connectivity index (χ1) is 14.1. The van der Waals surface area contributed by atoms with Gasteiger partial charge in [-0.3, -0.25) is 4.79 Å². The molecule has 1 aromatic heterocycles. The van der Waals surface area contributed by atoms with E-state index in [9.17, 15) is 14.7 Å². The number of H-pyrrole nitrogens is 1. The van der Waals surface area contributed by atoms with Crippen LogP contribution in [0.25, 0.3) is 10.9 Å². The first-order valence-electron chi connectivity index (χ1n) is 9.25. The van der Waals surface area contributed by atoms with Gasteiger partial charge in [-0.1, -0.05) is 30.8 Å². The van der Waals surface area contributed by atoms with Gasteiger partial charge in [-0.2, -0.15) is 0 Å². The average Bonchev–Trinajstić information content (AvgIpc) is 3.35. The minimum Gasteiger partial charge on any atom is -0.480 e. The molecule has 0 saturated carbocycles. The van der Waals surface area contributed by atoms with Gasteiger partial charge in [0.2, 0.25) is 12.7 Å². The van der Waals surface area contributed by atoms with Crippen molar-refractivity contribution < 1.29 is 24.2 Å². The largest absolute Gasteiger partial charge is 0.480 e. The summed E-state index contributed by atoms with van der Waals surface area (Å²) in [6.07, 6.45) is 1.37. The fourth-order valence-corrected chi connectivity index (χ4v) is 4.29. The van der Waals surface area contributed by atoms with E-state index in [1.54, 1.807) is 12.1 Å². The number of aromatic nitrogens is 1. The summed E-state index contributed by atoms with van der Waals surface area (Å²) in [5.41, 5.74) is 3.35. The van der Waals surface area contributed by atoms with Crippen LogP contribution in [-0.2, 0) is 16.0 Å². The molecule has 0 radical (unpaired) electrons. The molecule has 2 aliphatic rings. The number of aromatic amines is 1. The van der Waals surface area contributed by atoms with Crippen molar-refractivity contribution in [2.24, 2.45) is 0 Å². The summed E-state index contributed by atoms with van der Waals surface area (Å²) in [4.78, 5) is 29.7. The number of carbonyl (C=O) groups excluding carboxylic acids is 1. The van der Waals surface area contributed by atoms with Crippen molar-refractivity contribution in [3.05, 3.63) is 71.9 Å². The molecular weight excluding hydrogens is 372 g/mol. The van der Waals surface area contributed by atoms with E-state index >= 15 is 0 Å². The Bertz CT molecular complexity index is 1170. The highest BCUT2D eigenvalue weighted by atomic mass is 16.7. The zero-order valence-corrected chi connectivity index (χ0v) is 15.4. The average molecular weight is 390 g/mol. The first kappa shape index (κ1) is 17.4. The molecule has 29 heavy (non-hydrogen) atoms. The Morgan fingerprint density at radius 2 is 1.97 bits per heavy atom. The number of carbonyl (C=O) groups is 2. The quantitative estimate of drug-likeness (QED) is 0.671. The summed E-state index contributed by atoms with van der Waals surface area (Å²) in [6.45, 7) is 3.71. The van der Waals surface area contributed by atoms with E-state index in [1.165, 1.54) is 4.90 Å². The number of carboxylic acid groups (broad SMARTS) is 1. The second-order valence-electron chi connectivity index (χ2n) is 7.09. The molecule has 146 valence electrons. The van der Waals surface area contributed by atoms with Crippen LogP contribution in [0.5, 0.6) is 11.5 Å². The van der Waals surface area contributed by atoms with Crippen LogP contribution in [0.3, 0.4) is 0 Å². The van der Waals surface area contributed by atoms with E-state index in [-0.39, 0.29) is 13.2 Å². The number of fused-ring (bicyclic) bond motifs is 4. The number of aliphatic carboxylic acids is 1. The molecule has 2 N–H and O–H groups in total. The van der Waals surface area contributed by atoms with Crippen LogP contribution in [-0.4, -0.2) is 39.7 Å². The second-order valence-corrected chi connectivity index (χ2v) is 7.09.